The summed E-state index contributed by atoms with van der Waals surface area (Å²) < 4.78 is 0. The van der Waals surface area contributed by atoms with Crippen LogP contribution in [-0.4, -0.2) is 46.2 Å². The summed E-state index contributed by atoms with van der Waals surface area (Å²) >= 11 is 0. The van der Waals surface area contributed by atoms with E-state index in [9.17, 15) is 4.79 Å². The number of hydrogen-bond acceptors (Lipinski definition) is 3. The highest BCUT2D eigenvalue weighted by atomic mass is 16.2. The molecule has 1 saturated carbocycles. The second-order valence-corrected chi connectivity index (χ2v) is 5.85. The molecule has 0 aromatic carbocycles. The second-order valence-electron chi connectivity index (χ2n) is 5.85. The number of aryl methyl sites for hydroxylation is 1. The van der Waals surface area contributed by atoms with Crippen LogP contribution in [0.1, 0.15) is 48.3 Å². The molecule has 1 aliphatic heterocycles. The number of aromatic nitrogens is 2. The minimum atomic E-state index is 0.0282. The van der Waals surface area contributed by atoms with E-state index in [1.165, 1.54) is 19.3 Å². The Balaban J connectivity index is 1.85. The number of H-pyrrole nitrogens is 1. The molecule has 0 unspecified atom stereocenters. The van der Waals surface area contributed by atoms with Gasteiger partial charge in [-0.2, -0.15) is 5.10 Å². The van der Waals surface area contributed by atoms with Gasteiger partial charge in [0.25, 0.3) is 5.91 Å². The highest BCUT2D eigenvalue weighted by Gasteiger charge is 2.42. The molecule has 19 heavy (non-hydrogen) atoms. The zero-order chi connectivity index (χ0) is 13.3. The number of rotatable bonds is 1. The highest BCUT2D eigenvalue weighted by Crippen LogP contribution is 2.35. The summed E-state index contributed by atoms with van der Waals surface area (Å²) in [6.45, 7) is 4.54. The Morgan fingerprint density at radius 2 is 2.16 bits per heavy atom. The lowest BCUT2D eigenvalue weighted by Crippen LogP contribution is -2.63. The normalized spacial score (nSPS) is 22.7. The van der Waals surface area contributed by atoms with Gasteiger partial charge in [0.1, 0.15) is 5.69 Å². The van der Waals surface area contributed by atoms with E-state index >= 15 is 0 Å². The molecule has 3 rings (SSSR count). The van der Waals surface area contributed by atoms with Crippen LogP contribution >= 0.6 is 0 Å². The Morgan fingerprint density at radius 1 is 1.37 bits per heavy atom. The number of nitrogens with zero attached hydrogens (tertiary/aromatic N) is 2. The first-order valence-corrected chi connectivity index (χ1v) is 7.26. The van der Waals surface area contributed by atoms with Gasteiger partial charge in [-0.1, -0.05) is 19.3 Å². The maximum Gasteiger partial charge on any atom is 0.274 e. The molecule has 2 fully saturated rings. The van der Waals surface area contributed by atoms with Gasteiger partial charge in [-0.15, -0.1) is 0 Å². The van der Waals surface area contributed by atoms with Crippen molar-refractivity contribution >= 4 is 5.91 Å². The smallest absolute Gasteiger partial charge is 0.274 e. The summed E-state index contributed by atoms with van der Waals surface area (Å²) in [6.07, 6.45) is 5.99. The van der Waals surface area contributed by atoms with Crippen LogP contribution in [0.15, 0.2) is 6.07 Å². The third-order valence-electron chi connectivity index (χ3n) is 4.49. The summed E-state index contributed by atoms with van der Waals surface area (Å²) in [4.78, 5) is 14.8. The van der Waals surface area contributed by atoms with Crippen molar-refractivity contribution in [2.75, 3.05) is 19.6 Å². The van der Waals surface area contributed by atoms with Gasteiger partial charge in [0.2, 0.25) is 0 Å². The van der Waals surface area contributed by atoms with Gasteiger partial charge >= 0.3 is 0 Å². The molecule has 1 aromatic heterocycles. The third kappa shape index (κ3) is 2.27. The molecule has 0 bridgehead atoms. The summed E-state index contributed by atoms with van der Waals surface area (Å²) in [5.74, 6) is 0.0905. The van der Waals surface area contributed by atoms with E-state index in [1.807, 2.05) is 13.0 Å². The Morgan fingerprint density at radius 3 is 2.84 bits per heavy atom. The lowest BCUT2D eigenvalue weighted by molar-refractivity contribution is 0.0217. The largest absolute Gasteiger partial charge is 0.329 e. The zero-order valence-corrected chi connectivity index (χ0v) is 11.5. The van der Waals surface area contributed by atoms with E-state index in [0.29, 0.717) is 5.69 Å². The molecule has 0 radical (unpaired) electrons. The fraction of sp³-hybridized carbons (Fsp3) is 0.714. The fourth-order valence-corrected chi connectivity index (χ4v) is 3.48. The van der Waals surface area contributed by atoms with Crippen molar-refractivity contribution in [1.82, 2.24) is 20.4 Å². The molecule has 0 atom stereocenters. The fourth-order valence-electron chi connectivity index (χ4n) is 3.48. The van der Waals surface area contributed by atoms with Crippen molar-refractivity contribution in [2.24, 2.45) is 0 Å². The Kier molecular flexibility index (Phi) is 3.31. The molecule has 5 heteroatoms. The van der Waals surface area contributed by atoms with Gasteiger partial charge in [0.05, 0.1) is 5.54 Å². The number of nitrogens with one attached hydrogen (secondary N) is 2. The van der Waals surface area contributed by atoms with E-state index < -0.39 is 0 Å². The Bertz CT molecular complexity index is 454. The Hall–Kier alpha value is -1.36. The minimum Gasteiger partial charge on any atom is -0.329 e. The van der Waals surface area contributed by atoms with Gasteiger partial charge in [-0.05, 0) is 25.8 Å². The van der Waals surface area contributed by atoms with E-state index in [-0.39, 0.29) is 11.4 Å². The third-order valence-corrected chi connectivity index (χ3v) is 4.49. The number of carbonyl (C=O) groups excluding carboxylic acids is 1. The first-order chi connectivity index (χ1) is 9.21. The molecule has 104 valence electrons. The van der Waals surface area contributed by atoms with Crippen molar-refractivity contribution in [3.05, 3.63) is 17.5 Å². The van der Waals surface area contributed by atoms with Gasteiger partial charge < -0.3 is 10.2 Å². The highest BCUT2D eigenvalue weighted by molar-refractivity contribution is 5.93. The SMILES string of the molecule is Cc1cc(C(=O)N2CCNCC23CCCCC3)n[nH]1. The van der Waals surface area contributed by atoms with Crippen molar-refractivity contribution in [2.45, 2.75) is 44.6 Å². The summed E-state index contributed by atoms with van der Waals surface area (Å²) in [5, 5.41) is 10.5. The molecule has 2 heterocycles. The average Bonchev–Trinajstić information content (AvgIpc) is 2.86. The number of hydrogen-bond donors (Lipinski definition) is 2. The summed E-state index contributed by atoms with van der Waals surface area (Å²) in [6, 6.07) is 1.85. The second kappa shape index (κ2) is 4.96. The van der Waals surface area contributed by atoms with Crippen LogP contribution in [0.3, 0.4) is 0 Å². The van der Waals surface area contributed by atoms with Gasteiger partial charge in [-0.25, -0.2) is 0 Å². The van der Waals surface area contributed by atoms with Crippen LogP contribution in [0.2, 0.25) is 0 Å². The maximum atomic E-state index is 12.7. The van der Waals surface area contributed by atoms with Crippen molar-refractivity contribution in [1.29, 1.82) is 0 Å². The molecule has 1 spiro atoms. The van der Waals surface area contributed by atoms with E-state index in [4.69, 9.17) is 0 Å². The minimum absolute atomic E-state index is 0.0282. The number of amides is 1. The quantitative estimate of drug-likeness (QED) is 0.805. The molecular formula is C14H22N4O. The van der Waals surface area contributed by atoms with Crippen LogP contribution in [0.25, 0.3) is 0 Å². The topological polar surface area (TPSA) is 61.0 Å². The van der Waals surface area contributed by atoms with Crippen LogP contribution in [0, 0.1) is 6.92 Å². The van der Waals surface area contributed by atoms with Crippen LogP contribution in [0.4, 0.5) is 0 Å². The molecule has 1 amide bonds. The van der Waals surface area contributed by atoms with Gasteiger partial charge in [-0.3, -0.25) is 9.89 Å². The zero-order valence-electron chi connectivity index (χ0n) is 11.5. The molecule has 5 nitrogen and oxygen atoms in total. The van der Waals surface area contributed by atoms with Crippen LogP contribution < -0.4 is 5.32 Å². The van der Waals surface area contributed by atoms with Gasteiger partial charge in [0, 0.05) is 25.3 Å². The first-order valence-electron chi connectivity index (χ1n) is 7.26. The molecule has 1 aliphatic carbocycles. The first kappa shape index (κ1) is 12.7. The van der Waals surface area contributed by atoms with Crippen molar-refractivity contribution in [3.8, 4) is 0 Å². The maximum absolute atomic E-state index is 12.7. The van der Waals surface area contributed by atoms with E-state index in [1.54, 1.807) is 0 Å². The number of aromatic amines is 1. The molecule has 2 aliphatic rings. The molecule has 2 N–H and O–H groups in total. The lowest BCUT2D eigenvalue weighted by atomic mass is 9.79. The van der Waals surface area contributed by atoms with Gasteiger partial charge in [0.15, 0.2) is 0 Å². The monoisotopic (exact) mass is 262 g/mol. The molecular weight excluding hydrogens is 240 g/mol. The molecule has 1 aromatic rings. The van der Waals surface area contributed by atoms with Crippen LogP contribution in [0.5, 0.6) is 0 Å². The summed E-state index contributed by atoms with van der Waals surface area (Å²) in [5.41, 5.74) is 1.53. The standard InChI is InChI=1S/C14H22N4O/c1-11-9-12(17-16-11)13(19)18-8-7-15-10-14(18)5-3-2-4-6-14/h9,15H,2-8,10H2,1H3,(H,16,17). The van der Waals surface area contributed by atoms with E-state index in [2.05, 4.69) is 20.4 Å². The van der Waals surface area contributed by atoms with E-state index in [0.717, 1.165) is 38.2 Å². The lowest BCUT2D eigenvalue weighted by Gasteiger charge is -2.49. The van der Waals surface area contributed by atoms with Crippen molar-refractivity contribution < 1.29 is 4.79 Å². The predicted molar refractivity (Wildman–Crippen MR) is 73.0 cm³/mol. The number of piperazine rings is 1. The number of carbonyl (C=O) groups is 1. The Labute approximate surface area is 113 Å². The predicted octanol–water partition coefficient (Wildman–Crippen LogP) is 1.47. The summed E-state index contributed by atoms with van der Waals surface area (Å²) in [7, 11) is 0. The van der Waals surface area contributed by atoms with Crippen molar-refractivity contribution in [3.63, 3.8) is 0 Å². The van der Waals surface area contributed by atoms with Crippen LogP contribution in [-0.2, 0) is 0 Å². The molecule has 1 saturated heterocycles. The average molecular weight is 262 g/mol.